The van der Waals surface area contributed by atoms with Crippen molar-refractivity contribution in [2.75, 3.05) is 13.2 Å². The average molecular weight is 158 g/mol. The quantitative estimate of drug-likeness (QED) is 0.459. The molecule has 0 fully saturated rings. The van der Waals surface area contributed by atoms with E-state index in [0.717, 1.165) is 19.6 Å². The second-order valence-corrected chi connectivity index (χ2v) is 2.79. The second kappa shape index (κ2) is 7.25. The first-order valence-electron chi connectivity index (χ1n) is 3.83. The molecule has 0 saturated heterocycles. The molecule has 2 N–H and O–H groups in total. The minimum atomic E-state index is 0.682. The zero-order chi connectivity index (χ0) is 7.82. The molecule has 3 radical (unpaired) electrons. The van der Waals surface area contributed by atoms with Crippen LogP contribution in [0.1, 0.15) is 26.2 Å². The molecule has 0 amide bonds. The summed E-state index contributed by atoms with van der Waals surface area (Å²) in [5.41, 5.74) is 5.51. The van der Waals surface area contributed by atoms with Crippen molar-refractivity contribution >= 4 is 10.5 Å². The van der Waals surface area contributed by atoms with E-state index in [1.807, 2.05) is 0 Å². The molecule has 0 aromatic rings. The molecule has 0 saturated carbocycles. The van der Waals surface area contributed by atoms with Gasteiger partial charge >= 0.3 is 0 Å². The average Bonchev–Trinajstić information content (AvgIpc) is 1.99. The van der Waals surface area contributed by atoms with E-state index < -0.39 is 0 Å². The van der Waals surface area contributed by atoms with Gasteiger partial charge in [-0.05, 0) is 25.3 Å². The van der Waals surface area contributed by atoms with Crippen molar-refractivity contribution in [3.63, 3.8) is 0 Å². The van der Waals surface area contributed by atoms with Crippen molar-refractivity contribution in [2.45, 2.75) is 26.2 Å². The predicted octanol–water partition coefficient (Wildman–Crippen LogP) is 0.852. The molecule has 0 spiro atoms. The summed E-state index contributed by atoms with van der Waals surface area (Å²) in [7, 11) is 2.96. The van der Waals surface area contributed by atoms with Gasteiger partial charge in [-0.1, -0.05) is 13.3 Å². The molecule has 1 unspecified atom stereocenters. The summed E-state index contributed by atoms with van der Waals surface area (Å²) in [5, 5.41) is 0. The zero-order valence-corrected chi connectivity index (χ0v) is 7.60. The van der Waals surface area contributed by atoms with Gasteiger partial charge in [0.2, 0.25) is 10.5 Å². The summed E-state index contributed by atoms with van der Waals surface area (Å²) in [6.07, 6.45) is 3.45. The first-order chi connectivity index (χ1) is 4.85. The lowest BCUT2D eigenvalue weighted by atomic mass is 10.0. The Labute approximate surface area is 66.7 Å². The molecule has 0 bridgehead atoms. The molecule has 0 aromatic carbocycles. The summed E-state index contributed by atoms with van der Waals surface area (Å²) < 4.78 is 4.75. The van der Waals surface area contributed by atoms with Gasteiger partial charge in [-0.25, -0.2) is 0 Å². The highest BCUT2D eigenvalue weighted by atomic mass is 28.2. The van der Waals surface area contributed by atoms with E-state index in [1.165, 1.54) is 12.8 Å². The molecule has 0 aliphatic rings. The van der Waals surface area contributed by atoms with Crippen LogP contribution in [0.4, 0.5) is 0 Å². The maximum atomic E-state index is 5.51. The molecular formula is C7H16NOSi. The Morgan fingerprint density at radius 3 is 2.70 bits per heavy atom. The van der Waals surface area contributed by atoms with Crippen molar-refractivity contribution in [1.82, 2.24) is 0 Å². The van der Waals surface area contributed by atoms with Crippen LogP contribution >= 0.6 is 0 Å². The summed E-state index contributed by atoms with van der Waals surface area (Å²) in [6, 6.07) is 0. The van der Waals surface area contributed by atoms with Crippen molar-refractivity contribution in [3.8, 4) is 0 Å². The Kier molecular flexibility index (Phi) is 7.35. The van der Waals surface area contributed by atoms with Gasteiger partial charge in [0.1, 0.15) is 0 Å². The molecule has 0 rings (SSSR count). The fourth-order valence-corrected chi connectivity index (χ4v) is 1.08. The number of hydrogen-bond acceptors (Lipinski definition) is 2. The second-order valence-electron chi connectivity index (χ2n) is 2.50. The molecule has 0 aliphatic carbocycles. The number of hydrogen-bond donors (Lipinski definition) is 1. The molecule has 1 atom stereocenters. The van der Waals surface area contributed by atoms with Crippen molar-refractivity contribution in [2.24, 2.45) is 11.7 Å². The maximum Gasteiger partial charge on any atom is 0.246 e. The first-order valence-corrected chi connectivity index (χ1v) is 4.24. The molecule has 10 heavy (non-hydrogen) atoms. The lowest BCUT2D eigenvalue weighted by Crippen LogP contribution is -2.13. The molecule has 0 aromatic heterocycles. The molecule has 59 valence electrons. The van der Waals surface area contributed by atoms with Gasteiger partial charge in [0.15, 0.2) is 0 Å². The Morgan fingerprint density at radius 2 is 2.30 bits per heavy atom. The normalized spacial score (nSPS) is 13.5. The van der Waals surface area contributed by atoms with Crippen LogP contribution in [0.15, 0.2) is 0 Å². The van der Waals surface area contributed by atoms with Gasteiger partial charge in [-0.2, -0.15) is 0 Å². The van der Waals surface area contributed by atoms with Crippen LogP contribution in [-0.4, -0.2) is 23.6 Å². The Balaban J connectivity index is 3.09. The SMILES string of the molecule is CCC(CN)CCCO[Si]. The van der Waals surface area contributed by atoms with Crippen molar-refractivity contribution in [1.29, 1.82) is 0 Å². The van der Waals surface area contributed by atoms with Gasteiger partial charge in [-0.15, -0.1) is 0 Å². The van der Waals surface area contributed by atoms with Crippen LogP contribution in [0.2, 0.25) is 0 Å². The fraction of sp³-hybridized carbons (Fsp3) is 1.00. The Bertz CT molecular complexity index is 66.6. The highest BCUT2D eigenvalue weighted by Crippen LogP contribution is 2.08. The van der Waals surface area contributed by atoms with Gasteiger partial charge in [0.25, 0.3) is 0 Å². The van der Waals surface area contributed by atoms with Crippen LogP contribution in [0, 0.1) is 5.92 Å². The zero-order valence-electron chi connectivity index (χ0n) is 6.60. The highest BCUT2D eigenvalue weighted by molar-refractivity contribution is 5.97. The van der Waals surface area contributed by atoms with Gasteiger partial charge < -0.3 is 10.2 Å². The van der Waals surface area contributed by atoms with E-state index in [0.29, 0.717) is 5.92 Å². The summed E-state index contributed by atoms with van der Waals surface area (Å²) >= 11 is 0. The predicted molar refractivity (Wildman–Crippen MR) is 43.8 cm³/mol. The van der Waals surface area contributed by atoms with Crippen LogP contribution in [-0.2, 0) is 4.43 Å². The minimum Gasteiger partial charge on any atom is -0.419 e. The van der Waals surface area contributed by atoms with Crippen LogP contribution in [0.25, 0.3) is 0 Å². The van der Waals surface area contributed by atoms with Gasteiger partial charge in [0, 0.05) is 6.61 Å². The maximum absolute atomic E-state index is 5.51. The van der Waals surface area contributed by atoms with Gasteiger partial charge in [-0.3, -0.25) is 0 Å². The number of rotatable bonds is 6. The van der Waals surface area contributed by atoms with Crippen LogP contribution in [0.5, 0.6) is 0 Å². The van der Waals surface area contributed by atoms with E-state index in [1.54, 1.807) is 0 Å². The van der Waals surface area contributed by atoms with E-state index >= 15 is 0 Å². The highest BCUT2D eigenvalue weighted by Gasteiger charge is 2.01. The molecule has 2 nitrogen and oxygen atoms in total. The molecule has 0 heterocycles. The third-order valence-electron chi connectivity index (χ3n) is 1.77. The summed E-state index contributed by atoms with van der Waals surface area (Å²) in [6.45, 7) is 3.76. The van der Waals surface area contributed by atoms with Crippen molar-refractivity contribution in [3.05, 3.63) is 0 Å². The Hall–Kier alpha value is 0.137. The van der Waals surface area contributed by atoms with Crippen molar-refractivity contribution < 1.29 is 4.43 Å². The topological polar surface area (TPSA) is 35.2 Å². The summed E-state index contributed by atoms with van der Waals surface area (Å²) in [5.74, 6) is 0.682. The van der Waals surface area contributed by atoms with E-state index in [2.05, 4.69) is 17.4 Å². The lowest BCUT2D eigenvalue weighted by molar-refractivity contribution is 0.315. The van der Waals surface area contributed by atoms with Crippen LogP contribution < -0.4 is 5.73 Å². The Morgan fingerprint density at radius 1 is 1.60 bits per heavy atom. The standard InChI is InChI=1S/C7H16NOSi/c1-2-7(6-8)4-3-5-9-10/h7H,2-6,8H2,1H3. The van der Waals surface area contributed by atoms with Gasteiger partial charge in [0.05, 0.1) is 0 Å². The summed E-state index contributed by atoms with van der Waals surface area (Å²) in [4.78, 5) is 0. The van der Waals surface area contributed by atoms with E-state index in [-0.39, 0.29) is 0 Å². The monoisotopic (exact) mass is 158 g/mol. The lowest BCUT2D eigenvalue weighted by Gasteiger charge is -2.10. The third-order valence-corrected chi connectivity index (χ3v) is 1.97. The molecular weight excluding hydrogens is 142 g/mol. The van der Waals surface area contributed by atoms with E-state index in [9.17, 15) is 0 Å². The molecule has 0 aliphatic heterocycles. The van der Waals surface area contributed by atoms with Crippen LogP contribution in [0.3, 0.4) is 0 Å². The largest absolute Gasteiger partial charge is 0.419 e. The minimum absolute atomic E-state index is 0.682. The fourth-order valence-electron chi connectivity index (χ4n) is 0.933. The number of nitrogens with two attached hydrogens (primary N) is 1. The molecule has 3 heteroatoms. The third kappa shape index (κ3) is 4.96. The smallest absolute Gasteiger partial charge is 0.246 e. The van der Waals surface area contributed by atoms with E-state index in [4.69, 9.17) is 10.2 Å². The first kappa shape index (κ1) is 10.1.